The summed E-state index contributed by atoms with van der Waals surface area (Å²) < 4.78 is 0. The van der Waals surface area contributed by atoms with Gasteiger partial charge in [-0.15, -0.1) is 0 Å². The zero-order valence-electron chi connectivity index (χ0n) is 25.8. The molecule has 0 N–H and O–H groups in total. The van der Waals surface area contributed by atoms with E-state index in [1.807, 2.05) is 0 Å². The van der Waals surface area contributed by atoms with Crippen molar-refractivity contribution in [1.29, 1.82) is 0 Å². The molecule has 0 amide bonds. The van der Waals surface area contributed by atoms with Gasteiger partial charge in [0.05, 0.1) is 0 Å². The van der Waals surface area contributed by atoms with Gasteiger partial charge >= 0.3 is 0 Å². The van der Waals surface area contributed by atoms with Crippen molar-refractivity contribution in [3.63, 3.8) is 0 Å². The molecule has 0 aliphatic rings. The summed E-state index contributed by atoms with van der Waals surface area (Å²) in [5.41, 5.74) is 7.68. The van der Waals surface area contributed by atoms with E-state index in [4.69, 9.17) is 0 Å². The second-order valence-electron chi connectivity index (χ2n) is 12.1. The second kappa shape index (κ2) is 11.5. The fraction of sp³-hybridized carbons (Fsp3) is 0.0698. The molecule has 8 aromatic carbocycles. The van der Waals surface area contributed by atoms with Crippen molar-refractivity contribution in [2.45, 2.75) is 0 Å². The van der Waals surface area contributed by atoms with Crippen molar-refractivity contribution in [2.75, 3.05) is 20.0 Å². The maximum Gasteiger partial charge on any atom is -0.00259 e. The Kier molecular flexibility index (Phi) is 7.22. The highest BCUT2D eigenvalue weighted by molar-refractivity contribution is 8.32. The molecule has 2 heteroatoms. The van der Waals surface area contributed by atoms with Gasteiger partial charge in [0, 0.05) is 0 Å². The fourth-order valence-corrected chi connectivity index (χ4v) is 9.64. The summed E-state index contributed by atoms with van der Waals surface area (Å²) in [6.07, 6.45) is 0. The van der Waals surface area contributed by atoms with Gasteiger partial charge in [0.1, 0.15) is 0 Å². The Bertz CT molecular complexity index is 2380. The maximum atomic E-state index is 2.45. The van der Waals surface area contributed by atoms with Crippen LogP contribution in [0.3, 0.4) is 0 Å². The third-order valence-corrected chi connectivity index (χ3v) is 15.8. The van der Waals surface area contributed by atoms with Crippen LogP contribution in [0, 0.1) is 0 Å². The molecule has 1 unspecified atom stereocenters. The summed E-state index contributed by atoms with van der Waals surface area (Å²) in [7, 11) is -0.140. The molecule has 0 nitrogen and oxygen atoms in total. The summed E-state index contributed by atoms with van der Waals surface area (Å²) in [6.45, 7) is 7.23. The predicted octanol–water partition coefficient (Wildman–Crippen LogP) is 12.7. The summed E-state index contributed by atoms with van der Waals surface area (Å²) in [5.74, 6) is 0. The number of hydrogen-bond acceptors (Lipinski definition) is 0. The van der Waals surface area contributed by atoms with Gasteiger partial charge in [-0.05, 0) is 126 Å². The minimum absolute atomic E-state index is 0.00417. The Labute approximate surface area is 267 Å². The third kappa shape index (κ3) is 5.04. The summed E-state index contributed by atoms with van der Waals surface area (Å²) in [6, 6.07) is 56.7. The summed E-state index contributed by atoms with van der Waals surface area (Å²) in [4.78, 5) is 0. The summed E-state index contributed by atoms with van der Waals surface area (Å²) >= 11 is 0. The fourth-order valence-electron chi connectivity index (χ4n) is 6.79. The molecule has 216 valence electrons. The van der Waals surface area contributed by atoms with Gasteiger partial charge < -0.3 is 0 Å². The van der Waals surface area contributed by atoms with Crippen LogP contribution in [0.1, 0.15) is 0 Å². The Morgan fingerprint density at radius 2 is 0.822 bits per heavy atom. The predicted molar refractivity (Wildman–Crippen MR) is 204 cm³/mol. The lowest BCUT2D eigenvalue weighted by atomic mass is 9.84. The third-order valence-electron chi connectivity index (χ3n) is 9.25. The number of hydrogen-bond donors (Lipinski definition) is 0. The lowest BCUT2D eigenvalue weighted by molar-refractivity contribution is 1.65. The van der Waals surface area contributed by atoms with Gasteiger partial charge in [-0.1, -0.05) is 143 Å². The first kappa shape index (κ1) is 28.2. The van der Waals surface area contributed by atoms with Gasteiger partial charge in [0.2, 0.25) is 0 Å². The van der Waals surface area contributed by atoms with Crippen LogP contribution < -0.4 is 5.30 Å². The van der Waals surface area contributed by atoms with Crippen molar-refractivity contribution in [3.8, 4) is 33.4 Å². The quantitative estimate of drug-likeness (QED) is 0.134. The van der Waals surface area contributed by atoms with Crippen molar-refractivity contribution >= 4 is 63.6 Å². The average Bonchev–Trinajstić information content (AvgIpc) is 3.09. The van der Waals surface area contributed by atoms with Crippen molar-refractivity contribution in [1.82, 2.24) is 0 Å². The molecule has 0 radical (unpaired) electrons. The van der Waals surface area contributed by atoms with Crippen LogP contribution in [0.2, 0.25) is 0 Å². The average molecular weight is 613 g/mol. The standard InChI is InChI=1S/C43H34P2/c1-44(2)45(3)37-16-10-15-33(27-37)34-23-24-40-41(28-34)43(36-22-20-30-12-5-7-14-32(30)26-36)39-18-9-8-17-38(39)42(40)35-21-19-29-11-4-6-13-31(29)25-35/h4-28H,1-3H3. The van der Waals surface area contributed by atoms with Crippen molar-refractivity contribution in [2.24, 2.45) is 0 Å². The van der Waals surface area contributed by atoms with Gasteiger partial charge in [0.25, 0.3) is 0 Å². The molecule has 8 rings (SSSR count). The second-order valence-corrected chi connectivity index (χ2v) is 19.6. The van der Waals surface area contributed by atoms with Crippen molar-refractivity contribution < 1.29 is 0 Å². The smallest absolute Gasteiger partial charge is 0.00259 e. The highest BCUT2D eigenvalue weighted by Gasteiger charge is 2.18. The normalized spacial score (nSPS) is 12.4. The van der Waals surface area contributed by atoms with Gasteiger partial charge in [0.15, 0.2) is 0 Å². The molecule has 0 spiro atoms. The largest absolute Gasteiger partial charge is 0.0830 e. The Balaban J connectivity index is 1.46. The molecule has 45 heavy (non-hydrogen) atoms. The van der Waals surface area contributed by atoms with E-state index in [-0.39, 0.29) is 15.2 Å². The van der Waals surface area contributed by atoms with E-state index in [0.29, 0.717) is 0 Å². The Morgan fingerprint density at radius 1 is 0.333 bits per heavy atom. The van der Waals surface area contributed by atoms with Crippen LogP contribution in [0.4, 0.5) is 0 Å². The minimum atomic E-state index is -0.144. The van der Waals surface area contributed by atoms with Crippen molar-refractivity contribution in [3.05, 3.63) is 152 Å². The minimum Gasteiger partial charge on any atom is -0.0830 e. The molecule has 8 aromatic rings. The first-order chi connectivity index (χ1) is 22.0. The van der Waals surface area contributed by atoms with Crippen LogP contribution in [-0.4, -0.2) is 20.0 Å². The van der Waals surface area contributed by atoms with Gasteiger partial charge in [-0.2, -0.15) is 0 Å². The molecule has 0 bridgehead atoms. The van der Waals surface area contributed by atoms with Crippen LogP contribution >= 0.6 is 15.2 Å². The van der Waals surface area contributed by atoms with E-state index in [9.17, 15) is 0 Å². The number of fused-ring (bicyclic) bond motifs is 4. The van der Waals surface area contributed by atoms with Gasteiger partial charge in [-0.3, -0.25) is 0 Å². The van der Waals surface area contributed by atoms with E-state index >= 15 is 0 Å². The molecule has 0 saturated carbocycles. The molecule has 1 atom stereocenters. The molecule has 0 aliphatic heterocycles. The van der Waals surface area contributed by atoms with Crippen LogP contribution in [-0.2, 0) is 0 Å². The zero-order valence-corrected chi connectivity index (χ0v) is 27.6. The van der Waals surface area contributed by atoms with E-state index in [2.05, 4.69) is 172 Å². The highest BCUT2D eigenvalue weighted by atomic mass is 32.1. The molecular formula is C43H34P2. The lowest BCUT2D eigenvalue weighted by Crippen LogP contribution is -1.98. The first-order valence-corrected chi connectivity index (χ1v) is 20.3. The monoisotopic (exact) mass is 612 g/mol. The SMILES string of the molecule is CP(C)P(C)c1cccc(-c2ccc3c(-c4ccc5ccccc5c4)c4ccccc4c(-c4ccc5ccccc5c4)c3c2)c1. The molecular weight excluding hydrogens is 578 g/mol. The molecule has 0 saturated heterocycles. The molecule has 0 aromatic heterocycles. The number of rotatable bonds is 5. The van der Waals surface area contributed by atoms with E-state index < -0.39 is 0 Å². The molecule has 0 fully saturated rings. The first-order valence-electron chi connectivity index (χ1n) is 15.5. The van der Waals surface area contributed by atoms with Crippen LogP contribution in [0.25, 0.3) is 76.5 Å². The van der Waals surface area contributed by atoms with E-state index in [1.165, 1.54) is 81.8 Å². The zero-order chi connectivity index (χ0) is 30.5. The van der Waals surface area contributed by atoms with Gasteiger partial charge in [-0.25, -0.2) is 0 Å². The van der Waals surface area contributed by atoms with E-state index in [0.717, 1.165) is 0 Å². The number of benzene rings is 8. The van der Waals surface area contributed by atoms with Crippen LogP contribution in [0.5, 0.6) is 0 Å². The van der Waals surface area contributed by atoms with E-state index in [1.54, 1.807) is 0 Å². The summed E-state index contributed by atoms with van der Waals surface area (Å²) in [5, 5.41) is 11.7. The topological polar surface area (TPSA) is 0 Å². The van der Waals surface area contributed by atoms with Crippen LogP contribution in [0.15, 0.2) is 152 Å². The molecule has 0 aliphatic carbocycles. The Hall–Kier alpha value is -4.34. The maximum absolute atomic E-state index is 2.45. The Morgan fingerprint density at radius 3 is 1.42 bits per heavy atom. The lowest BCUT2D eigenvalue weighted by Gasteiger charge is -2.20. The molecule has 0 heterocycles. The highest BCUT2D eigenvalue weighted by Crippen LogP contribution is 2.60.